The molecule has 2 aromatic heterocycles. The number of imidazole rings is 1. The molecular weight excluding hydrogens is 498 g/mol. The minimum Gasteiger partial charge on any atom is -0.387 e. The second-order valence-electron chi connectivity index (χ2n) is 6.30. The molecule has 17 nitrogen and oxygen atoms in total. The highest BCUT2D eigenvalue weighted by atomic mass is 31.3. The first-order chi connectivity index (χ1) is 14.7. The van der Waals surface area contributed by atoms with E-state index in [-0.39, 0.29) is 17.0 Å². The summed E-state index contributed by atoms with van der Waals surface area (Å²) in [6.07, 6.45) is -2.13. The maximum absolute atomic E-state index is 12.1. The minimum atomic E-state index is -5.56. The number of nitrogens with two attached hydrogens (primary N) is 1. The van der Waals surface area contributed by atoms with E-state index >= 15 is 0 Å². The summed E-state index contributed by atoms with van der Waals surface area (Å²) in [5, 5.41) is 10.5. The number of nitrogens with zero attached hydrogens (tertiary/aromatic N) is 4. The third-order valence-corrected chi connectivity index (χ3v) is 8.01. The summed E-state index contributed by atoms with van der Waals surface area (Å²) in [4.78, 5) is 38.3. The molecule has 32 heavy (non-hydrogen) atoms. The summed E-state index contributed by atoms with van der Waals surface area (Å²) in [7, 11) is -9.48. The molecule has 2 unspecified atom stereocenters. The monoisotopic (exact) mass is 515 g/mol. The fourth-order valence-electron chi connectivity index (χ4n) is 2.89. The van der Waals surface area contributed by atoms with Gasteiger partial charge in [0.25, 0.3) is 7.47 Å². The van der Waals surface area contributed by atoms with Crippen molar-refractivity contribution in [2.45, 2.75) is 24.5 Å². The fourth-order valence-corrected chi connectivity index (χ4v) is 6.04. The minimum absolute atomic E-state index is 0.105. The normalized spacial score (nSPS) is 27.9. The molecule has 1 saturated heterocycles. The first-order valence-corrected chi connectivity index (χ1v) is 13.0. The van der Waals surface area contributed by atoms with E-state index in [1.165, 1.54) is 24.3 Å². The average molecular weight is 515 g/mol. The van der Waals surface area contributed by atoms with Crippen LogP contribution in [-0.2, 0) is 36.3 Å². The first kappa shape index (κ1) is 25.4. The van der Waals surface area contributed by atoms with Crippen LogP contribution in [0.4, 0.5) is 5.82 Å². The molecule has 6 N–H and O–H groups in total. The van der Waals surface area contributed by atoms with Crippen LogP contribution >= 0.6 is 23.1 Å². The number of phosphoric acid groups is 2. The van der Waals surface area contributed by atoms with Crippen molar-refractivity contribution in [3.05, 3.63) is 12.7 Å². The number of hydrogen-bond acceptors (Lipinski definition) is 13. The van der Waals surface area contributed by atoms with Crippen LogP contribution < -0.4 is 5.73 Å². The Morgan fingerprint density at radius 1 is 1.22 bits per heavy atom. The van der Waals surface area contributed by atoms with Gasteiger partial charge in [-0.15, -0.1) is 0 Å². The molecule has 3 rings (SSSR count). The van der Waals surface area contributed by atoms with Crippen molar-refractivity contribution in [3.8, 4) is 0 Å². The van der Waals surface area contributed by atoms with Gasteiger partial charge in [0.05, 0.1) is 12.9 Å². The lowest BCUT2D eigenvalue weighted by Crippen LogP contribution is -2.35. The van der Waals surface area contributed by atoms with Crippen molar-refractivity contribution in [2.24, 2.45) is 0 Å². The zero-order chi connectivity index (χ0) is 23.9. The third-order valence-electron chi connectivity index (χ3n) is 4.09. The van der Waals surface area contributed by atoms with Crippen LogP contribution in [-0.4, -0.2) is 78.9 Å². The number of aliphatic hydroxyl groups is 1. The average Bonchev–Trinajstić information content (AvgIpc) is 3.18. The van der Waals surface area contributed by atoms with Crippen LogP contribution in [0.25, 0.3) is 11.2 Å². The molecule has 0 saturated carbocycles. The Morgan fingerprint density at radius 3 is 2.53 bits per heavy atom. The molecular formula is C11H17BN5O12P3. The van der Waals surface area contributed by atoms with Crippen molar-refractivity contribution in [1.29, 1.82) is 0 Å². The zero-order valence-electron chi connectivity index (χ0n) is 16.0. The molecule has 6 atom stereocenters. The largest absolute Gasteiger partial charge is 0.487 e. The molecule has 2 radical (unpaired) electrons. The van der Waals surface area contributed by atoms with Crippen LogP contribution in [0.3, 0.4) is 0 Å². The summed E-state index contributed by atoms with van der Waals surface area (Å²) in [5.41, 5.74) is 6.28. The summed E-state index contributed by atoms with van der Waals surface area (Å²) in [6, 6.07) is 0. The van der Waals surface area contributed by atoms with Gasteiger partial charge in [0.1, 0.15) is 30.2 Å². The molecule has 21 heteroatoms. The molecule has 0 aromatic carbocycles. The Bertz CT molecular complexity index is 1130. The van der Waals surface area contributed by atoms with Gasteiger partial charge in [-0.2, -0.15) is 4.31 Å². The number of rotatable bonds is 9. The van der Waals surface area contributed by atoms with E-state index in [1.54, 1.807) is 0 Å². The quantitative estimate of drug-likeness (QED) is 0.203. The lowest BCUT2D eigenvalue weighted by atomic mass is 10.1. The van der Waals surface area contributed by atoms with Crippen molar-refractivity contribution in [1.82, 2.24) is 19.5 Å². The Kier molecular flexibility index (Phi) is 7.28. The van der Waals surface area contributed by atoms with Crippen LogP contribution in [0, 0.1) is 0 Å². The van der Waals surface area contributed by atoms with Crippen LogP contribution in [0.1, 0.15) is 6.23 Å². The van der Waals surface area contributed by atoms with E-state index in [4.69, 9.17) is 37.1 Å². The summed E-state index contributed by atoms with van der Waals surface area (Å²) in [5.74, 6) is 0.105. The van der Waals surface area contributed by atoms with Gasteiger partial charge in [-0.25, -0.2) is 28.4 Å². The Hall–Kier alpha value is -1.26. The molecule has 176 valence electrons. The summed E-state index contributed by atoms with van der Waals surface area (Å²) < 4.78 is 58.9. The number of aliphatic hydroxyl groups excluding tert-OH is 1. The molecule has 0 spiro atoms. The maximum atomic E-state index is 12.1. The Labute approximate surface area is 180 Å². The van der Waals surface area contributed by atoms with Crippen LogP contribution in [0.5, 0.6) is 0 Å². The van der Waals surface area contributed by atoms with Crippen LogP contribution in [0.2, 0.25) is 0 Å². The van der Waals surface area contributed by atoms with Crippen molar-refractivity contribution in [3.63, 3.8) is 0 Å². The van der Waals surface area contributed by atoms with Gasteiger partial charge in [-0.05, 0) is 0 Å². The van der Waals surface area contributed by atoms with E-state index in [0.29, 0.717) is 0 Å². The van der Waals surface area contributed by atoms with Crippen molar-refractivity contribution >= 4 is 47.7 Å². The number of ether oxygens (including phenoxy) is 2. The summed E-state index contributed by atoms with van der Waals surface area (Å²) >= 11 is 0. The molecule has 3 heterocycles. The highest BCUT2D eigenvalue weighted by Crippen LogP contribution is 2.66. The second kappa shape index (κ2) is 9.18. The van der Waals surface area contributed by atoms with Gasteiger partial charge in [0.15, 0.2) is 17.7 Å². The Balaban J connectivity index is 1.73. The summed E-state index contributed by atoms with van der Waals surface area (Å²) in [6.45, 7) is -0.745. The third kappa shape index (κ3) is 5.80. The van der Waals surface area contributed by atoms with Crippen molar-refractivity contribution < 1.29 is 56.1 Å². The molecule has 0 amide bonds. The fraction of sp³-hybridized carbons (Fsp3) is 0.545. The standard InChI is InChI=1S/C11H17BN5O12P3/c1-25-8-7(18)5(2-26-30(12,19)28-32(23,24)29-31(20,21)22)27-11(8)17-4-16-6-9(13)14-3-15-10(6)17/h3-5,7-8,11,18H,2H2,1H3,(H,23,24)(H2,13,14,15)(H2,20,21,22)/t5-,7-,8-,11-,30?/m1/s1. The van der Waals surface area contributed by atoms with E-state index in [0.717, 1.165) is 0 Å². The molecule has 1 aliphatic rings. The van der Waals surface area contributed by atoms with Gasteiger partial charge >= 0.3 is 15.6 Å². The number of hydrogen-bond donors (Lipinski definition) is 5. The molecule has 0 bridgehead atoms. The number of aromatic nitrogens is 4. The predicted molar refractivity (Wildman–Crippen MR) is 104 cm³/mol. The molecule has 2 aromatic rings. The zero-order valence-corrected chi connectivity index (χ0v) is 18.7. The first-order valence-electron chi connectivity index (χ1n) is 8.36. The number of anilines is 1. The highest BCUT2D eigenvalue weighted by molar-refractivity contribution is 7.84. The smallest absolute Gasteiger partial charge is 0.387 e. The highest BCUT2D eigenvalue weighted by Gasteiger charge is 2.47. The lowest BCUT2D eigenvalue weighted by molar-refractivity contribution is -0.0563. The predicted octanol–water partition coefficient (Wildman–Crippen LogP) is -0.799. The van der Waals surface area contributed by atoms with Gasteiger partial charge in [0.2, 0.25) is 7.57 Å². The molecule has 0 aliphatic carbocycles. The number of nitrogen functional groups attached to an aromatic ring is 1. The molecule has 1 fully saturated rings. The van der Waals surface area contributed by atoms with E-state index in [1.807, 2.05) is 0 Å². The second-order valence-corrected chi connectivity index (χ2v) is 10.9. The maximum Gasteiger partial charge on any atom is 0.487 e. The number of methoxy groups -OCH3 is 1. The van der Waals surface area contributed by atoms with Gasteiger partial charge in [-0.3, -0.25) is 9.13 Å². The topological polar surface area (TPSA) is 248 Å². The van der Waals surface area contributed by atoms with Crippen LogP contribution in [0.15, 0.2) is 12.7 Å². The number of fused-ring (bicyclic) bond motifs is 1. The molecule has 1 aliphatic heterocycles. The Morgan fingerprint density at radius 2 is 1.91 bits per heavy atom. The van der Waals surface area contributed by atoms with E-state index in [2.05, 4.69) is 23.6 Å². The lowest BCUT2D eigenvalue weighted by Gasteiger charge is -2.21. The SMILES string of the molecule is [B]P(=O)(OC[C@H]1O[C@@H](n2cnc3c(N)ncnc32)[C@H](OC)[C@@H]1O)OP(=O)(O)OP(=O)(O)O. The van der Waals surface area contributed by atoms with Crippen molar-refractivity contribution in [2.75, 3.05) is 19.5 Å². The van der Waals surface area contributed by atoms with Gasteiger partial charge in [-0.1, -0.05) is 0 Å². The van der Waals surface area contributed by atoms with Gasteiger partial charge in [0, 0.05) is 7.11 Å². The van der Waals surface area contributed by atoms with E-state index < -0.39 is 54.3 Å². The van der Waals surface area contributed by atoms with E-state index in [9.17, 15) is 23.7 Å². The van der Waals surface area contributed by atoms with Gasteiger partial charge < -0.3 is 39.5 Å².